The van der Waals surface area contributed by atoms with Gasteiger partial charge in [-0.3, -0.25) is 19.8 Å². The van der Waals surface area contributed by atoms with E-state index in [1.807, 2.05) is 12.1 Å². The summed E-state index contributed by atoms with van der Waals surface area (Å²) in [6.07, 6.45) is 1.34. The van der Waals surface area contributed by atoms with Gasteiger partial charge in [0.1, 0.15) is 17.2 Å². The first-order chi connectivity index (χ1) is 14.8. The van der Waals surface area contributed by atoms with Crippen molar-refractivity contribution in [1.82, 2.24) is 5.32 Å². The molecule has 5 nitrogen and oxygen atoms in total. The van der Waals surface area contributed by atoms with Crippen LogP contribution in [0.2, 0.25) is 5.02 Å². The second kappa shape index (κ2) is 8.96. The highest BCUT2D eigenvalue weighted by atomic mass is 79.9. The Labute approximate surface area is 199 Å². The van der Waals surface area contributed by atoms with Crippen molar-refractivity contribution in [2.45, 2.75) is 9.99 Å². The number of rotatable bonds is 4. The van der Waals surface area contributed by atoms with E-state index < -0.39 is 17.6 Å². The van der Waals surface area contributed by atoms with Crippen molar-refractivity contribution >= 4 is 80.2 Å². The van der Waals surface area contributed by atoms with Gasteiger partial charge in [-0.2, -0.15) is 0 Å². The minimum Gasteiger partial charge on any atom is -0.449 e. The zero-order chi connectivity index (χ0) is 22.1. The van der Waals surface area contributed by atoms with Crippen LogP contribution in [0.5, 0.6) is 0 Å². The largest absolute Gasteiger partial charge is 0.449 e. The third kappa shape index (κ3) is 4.74. The first-order valence-electron chi connectivity index (χ1n) is 8.71. The molecular formula is C21H11BrClFN2O3S2. The lowest BCUT2D eigenvalue weighted by Gasteiger charge is -2.28. The third-order valence-electron chi connectivity index (χ3n) is 4.17. The SMILES string of the molecule is O=C1NC(=S)N(c2ccc(F)cc2)C(=O)/C1=C/c1cc(Br)c(Sc2ccc(Cl)cc2)o1. The standard InChI is InChI=1S/C21H11BrClFN2O3S2/c22-17-10-14(29-20(17)31-15-7-1-11(23)2-8-15)9-16-18(27)25-21(30)26(19(16)28)13-5-3-12(24)4-6-13/h1-10H,(H,25,27,30)/b16-9+. The molecule has 10 heteroatoms. The fourth-order valence-corrected chi connectivity index (χ4v) is 4.48. The third-order valence-corrected chi connectivity index (χ3v) is 6.56. The van der Waals surface area contributed by atoms with Crippen molar-refractivity contribution in [3.8, 4) is 0 Å². The molecule has 0 bridgehead atoms. The Bertz CT molecular complexity index is 1230. The monoisotopic (exact) mass is 536 g/mol. The van der Waals surface area contributed by atoms with Crippen LogP contribution in [0.15, 0.2) is 79.0 Å². The van der Waals surface area contributed by atoms with Gasteiger partial charge in [-0.25, -0.2) is 4.39 Å². The predicted octanol–water partition coefficient (Wildman–Crippen LogP) is 5.82. The average molecular weight is 538 g/mol. The first kappa shape index (κ1) is 21.8. The van der Waals surface area contributed by atoms with E-state index in [0.717, 1.165) is 9.80 Å². The zero-order valence-corrected chi connectivity index (χ0v) is 19.4. The molecule has 3 aromatic rings. The molecule has 156 valence electrons. The summed E-state index contributed by atoms with van der Waals surface area (Å²) in [5.74, 6) is -1.44. The van der Waals surface area contributed by atoms with Gasteiger partial charge in [-0.15, -0.1) is 0 Å². The van der Waals surface area contributed by atoms with Crippen molar-refractivity contribution in [2.75, 3.05) is 4.90 Å². The van der Waals surface area contributed by atoms with Gasteiger partial charge in [0.25, 0.3) is 11.8 Å². The predicted molar refractivity (Wildman–Crippen MR) is 125 cm³/mol. The summed E-state index contributed by atoms with van der Waals surface area (Å²) in [6, 6.07) is 14.1. The fraction of sp³-hybridized carbons (Fsp3) is 0. The number of carbonyl (C=O) groups excluding carboxylic acids is 2. The molecule has 2 heterocycles. The molecule has 1 aromatic heterocycles. The Morgan fingerprint density at radius 1 is 1.13 bits per heavy atom. The minimum atomic E-state index is -0.646. The van der Waals surface area contributed by atoms with E-state index in [0.29, 0.717) is 26.0 Å². The van der Waals surface area contributed by atoms with E-state index in [-0.39, 0.29) is 10.7 Å². The lowest BCUT2D eigenvalue weighted by molar-refractivity contribution is -0.122. The maximum Gasteiger partial charge on any atom is 0.270 e. The molecule has 2 aromatic carbocycles. The Morgan fingerprint density at radius 2 is 1.81 bits per heavy atom. The van der Waals surface area contributed by atoms with Crippen LogP contribution in [0.4, 0.5) is 10.1 Å². The van der Waals surface area contributed by atoms with E-state index in [2.05, 4.69) is 21.2 Å². The molecule has 31 heavy (non-hydrogen) atoms. The van der Waals surface area contributed by atoms with Crippen molar-refractivity contribution in [3.63, 3.8) is 0 Å². The van der Waals surface area contributed by atoms with E-state index in [1.54, 1.807) is 18.2 Å². The van der Waals surface area contributed by atoms with Crippen LogP contribution in [0.3, 0.4) is 0 Å². The second-order valence-electron chi connectivity index (χ2n) is 6.27. The Balaban J connectivity index is 1.63. The van der Waals surface area contributed by atoms with E-state index in [9.17, 15) is 14.0 Å². The summed E-state index contributed by atoms with van der Waals surface area (Å²) in [6.45, 7) is 0. The molecule has 0 atom stereocenters. The lowest BCUT2D eigenvalue weighted by atomic mass is 10.1. The van der Waals surface area contributed by atoms with E-state index in [1.165, 1.54) is 42.1 Å². The number of benzene rings is 2. The van der Waals surface area contributed by atoms with Crippen LogP contribution < -0.4 is 10.2 Å². The molecule has 1 N–H and O–H groups in total. The molecular weight excluding hydrogens is 527 g/mol. The summed E-state index contributed by atoms with van der Waals surface area (Å²) in [5, 5.41) is 3.56. The maximum absolute atomic E-state index is 13.2. The van der Waals surface area contributed by atoms with Crippen molar-refractivity contribution in [2.24, 2.45) is 0 Å². The van der Waals surface area contributed by atoms with Gasteiger partial charge in [0.05, 0.1) is 10.2 Å². The number of hydrogen-bond acceptors (Lipinski definition) is 5. The Hall–Kier alpha value is -2.46. The minimum absolute atomic E-state index is 0.0848. The zero-order valence-electron chi connectivity index (χ0n) is 15.4. The van der Waals surface area contributed by atoms with Gasteiger partial charge in [-0.1, -0.05) is 23.4 Å². The lowest BCUT2D eigenvalue weighted by Crippen LogP contribution is -2.54. The highest BCUT2D eigenvalue weighted by Crippen LogP contribution is 2.37. The van der Waals surface area contributed by atoms with Crippen LogP contribution in [-0.2, 0) is 9.59 Å². The summed E-state index contributed by atoms with van der Waals surface area (Å²) in [4.78, 5) is 27.4. The molecule has 2 amide bonds. The maximum atomic E-state index is 13.2. The molecule has 0 aliphatic carbocycles. The first-order valence-corrected chi connectivity index (χ1v) is 11.1. The molecule has 1 fully saturated rings. The number of furan rings is 1. The molecule has 1 aliphatic heterocycles. The van der Waals surface area contributed by atoms with E-state index in [4.69, 9.17) is 28.2 Å². The molecule has 0 unspecified atom stereocenters. The second-order valence-corrected chi connectivity index (χ2v) is 9.00. The highest BCUT2D eigenvalue weighted by Gasteiger charge is 2.34. The number of halogens is 3. The average Bonchev–Trinajstić information content (AvgIpc) is 3.07. The van der Waals surface area contributed by atoms with Crippen LogP contribution >= 0.6 is 51.5 Å². The van der Waals surface area contributed by atoms with Crippen LogP contribution in [0.25, 0.3) is 6.08 Å². The van der Waals surface area contributed by atoms with Crippen LogP contribution in [0.1, 0.15) is 5.76 Å². The van der Waals surface area contributed by atoms with Crippen LogP contribution in [0, 0.1) is 5.82 Å². The van der Waals surface area contributed by atoms with Gasteiger partial charge < -0.3 is 4.42 Å². The van der Waals surface area contributed by atoms with Crippen molar-refractivity contribution in [1.29, 1.82) is 0 Å². The number of hydrogen-bond donors (Lipinski definition) is 1. The Kier molecular flexibility index (Phi) is 6.29. The Morgan fingerprint density at radius 3 is 2.48 bits per heavy atom. The highest BCUT2D eigenvalue weighted by molar-refractivity contribution is 9.10. The molecule has 1 saturated heterocycles. The summed E-state index contributed by atoms with van der Waals surface area (Å²) in [7, 11) is 0. The smallest absolute Gasteiger partial charge is 0.270 e. The van der Waals surface area contributed by atoms with Gasteiger partial charge in [0.15, 0.2) is 10.2 Å². The molecule has 4 rings (SSSR count). The number of nitrogens with zero attached hydrogens (tertiary/aromatic N) is 1. The topological polar surface area (TPSA) is 62.6 Å². The van der Waals surface area contributed by atoms with E-state index >= 15 is 0 Å². The number of anilines is 1. The van der Waals surface area contributed by atoms with Gasteiger partial charge >= 0.3 is 0 Å². The van der Waals surface area contributed by atoms with Crippen LogP contribution in [-0.4, -0.2) is 16.9 Å². The molecule has 0 saturated carbocycles. The summed E-state index contributed by atoms with van der Waals surface area (Å²) >= 11 is 15.8. The van der Waals surface area contributed by atoms with Gasteiger partial charge in [-0.05, 0) is 88.8 Å². The molecule has 1 aliphatic rings. The quantitative estimate of drug-likeness (QED) is 0.258. The molecule has 0 spiro atoms. The van der Waals surface area contributed by atoms with Crippen molar-refractivity contribution < 1.29 is 18.4 Å². The number of thiocarbonyl (C=S) groups is 1. The normalized spacial score (nSPS) is 15.5. The fourth-order valence-electron chi connectivity index (χ4n) is 2.74. The summed E-state index contributed by atoms with van der Waals surface area (Å²) in [5.41, 5.74) is 0.170. The van der Waals surface area contributed by atoms with Gasteiger partial charge in [0.2, 0.25) is 0 Å². The number of amides is 2. The molecule has 0 radical (unpaired) electrons. The number of carbonyl (C=O) groups is 2. The number of nitrogens with one attached hydrogen (secondary N) is 1. The van der Waals surface area contributed by atoms with Crippen molar-refractivity contribution in [3.05, 3.63) is 81.2 Å². The summed E-state index contributed by atoms with van der Waals surface area (Å²) < 4.78 is 19.7. The van der Waals surface area contributed by atoms with Gasteiger partial charge in [0, 0.05) is 9.92 Å².